The van der Waals surface area contributed by atoms with Crippen LogP contribution < -0.4 is 5.32 Å². The summed E-state index contributed by atoms with van der Waals surface area (Å²) in [6.07, 6.45) is 48.6. The van der Waals surface area contributed by atoms with E-state index in [4.69, 9.17) is 0 Å². The number of nitrogens with one attached hydrogen (secondary N) is 1. The van der Waals surface area contributed by atoms with E-state index in [9.17, 15) is 0 Å². The molecule has 10 atom stereocenters. The van der Waals surface area contributed by atoms with Crippen LogP contribution in [0.25, 0.3) is 0 Å². The third kappa shape index (κ3) is 5.37. The minimum absolute atomic E-state index is 0.0173. The average Bonchev–Trinajstić information content (AvgIpc) is 3.62. The normalized spacial score (nSPS) is 39.9. The average molecular weight is 827 g/mol. The minimum atomic E-state index is -0.0753. The number of hydrogen-bond donors (Lipinski definition) is 1. The van der Waals surface area contributed by atoms with Gasteiger partial charge in [0.1, 0.15) is 6.17 Å². The Balaban J connectivity index is 1.08. The molecule has 4 nitrogen and oxygen atoms in total. The molecule has 0 amide bonds. The maximum Gasteiger partial charge on any atom is 0.131 e. The Morgan fingerprint density at radius 3 is 2.49 bits per heavy atom. The molecule has 10 unspecified atom stereocenters. The molecule has 12 rings (SSSR count). The number of piperidine rings is 1. The van der Waals surface area contributed by atoms with Crippen LogP contribution in [0.15, 0.2) is 159 Å². The smallest absolute Gasteiger partial charge is 0.131 e. The van der Waals surface area contributed by atoms with Gasteiger partial charge in [-0.15, -0.1) is 11.8 Å². The molecule has 0 aromatic heterocycles. The van der Waals surface area contributed by atoms with Gasteiger partial charge in [-0.05, 0) is 123 Å². The maximum atomic E-state index is 3.92. The highest BCUT2D eigenvalue weighted by Crippen LogP contribution is 2.78. The molecule has 0 spiro atoms. The lowest BCUT2D eigenvalue weighted by atomic mass is 9.64. The molecule has 1 saturated carbocycles. The predicted octanol–water partition coefficient (Wildman–Crippen LogP) is 12.7. The van der Waals surface area contributed by atoms with Crippen LogP contribution >= 0.6 is 11.8 Å². The summed E-state index contributed by atoms with van der Waals surface area (Å²) in [6.45, 7) is 11.3. The summed E-state index contributed by atoms with van der Waals surface area (Å²) < 4.78 is 0. The molecular weight excluding hydrogens is 761 g/mol. The van der Waals surface area contributed by atoms with Crippen molar-refractivity contribution in [3.63, 3.8) is 0 Å². The molecule has 1 saturated heterocycles. The lowest BCUT2D eigenvalue weighted by Crippen LogP contribution is -2.56. The van der Waals surface area contributed by atoms with Crippen molar-refractivity contribution in [1.82, 2.24) is 20.0 Å². The van der Waals surface area contributed by atoms with Crippen molar-refractivity contribution in [1.29, 1.82) is 0 Å². The molecular formula is C56H66N4S. The van der Waals surface area contributed by atoms with Gasteiger partial charge in [-0.2, -0.15) is 0 Å². The van der Waals surface area contributed by atoms with Gasteiger partial charge in [0.2, 0.25) is 0 Å². The van der Waals surface area contributed by atoms with Gasteiger partial charge in [0.15, 0.2) is 0 Å². The molecule has 5 heterocycles. The highest BCUT2D eigenvalue weighted by Gasteiger charge is 2.79. The van der Waals surface area contributed by atoms with Crippen LogP contribution in [0.3, 0.4) is 0 Å². The van der Waals surface area contributed by atoms with E-state index >= 15 is 0 Å². The van der Waals surface area contributed by atoms with Crippen molar-refractivity contribution in [3.8, 4) is 0 Å². The predicted molar refractivity (Wildman–Crippen MR) is 254 cm³/mol. The summed E-state index contributed by atoms with van der Waals surface area (Å²) in [4.78, 5) is 10.6. The number of fused-ring (bicyclic) bond motifs is 11. The Hall–Kier alpha value is -4.09. The van der Waals surface area contributed by atoms with Gasteiger partial charge in [-0.3, -0.25) is 0 Å². The first kappa shape index (κ1) is 38.6. The van der Waals surface area contributed by atoms with Crippen LogP contribution in [0.4, 0.5) is 0 Å². The summed E-state index contributed by atoms with van der Waals surface area (Å²) in [5.74, 6) is 1.28. The molecule has 61 heavy (non-hydrogen) atoms. The molecule has 316 valence electrons. The van der Waals surface area contributed by atoms with E-state index in [0.717, 1.165) is 13.0 Å². The van der Waals surface area contributed by atoms with E-state index in [1.54, 1.807) is 44.3 Å². The quantitative estimate of drug-likeness (QED) is 0.263. The van der Waals surface area contributed by atoms with Crippen LogP contribution in [0, 0.1) is 23.2 Å². The third-order valence-electron chi connectivity index (χ3n) is 17.7. The first-order valence-electron chi connectivity index (χ1n) is 24.4. The second-order valence-corrected chi connectivity index (χ2v) is 21.8. The Bertz CT molecular complexity index is 2320. The first-order valence-corrected chi connectivity index (χ1v) is 25.3. The van der Waals surface area contributed by atoms with Gasteiger partial charge in [0.05, 0.1) is 23.3 Å². The molecule has 1 aromatic rings. The van der Waals surface area contributed by atoms with Crippen LogP contribution in [0.1, 0.15) is 117 Å². The summed E-state index contributed by atoms with van der Waals surface area (Å²) in [6, 6.07) is 12.4. The fraction of sp³-hybridized carbons (Fsp3) is 0.500. The summed E-state index contributed by atoms with van der Waals surface area (Å²) in [5, 5.41) is 4.34. The topological polar surface area (TPSA) is 21.8 Å². The number of rotatable bonds is 8. The van der Waals surface area contributed by atoms with E-state index in [-0.39, 0.29) is 28.6 Å². The van der Waals surface area contributed by atoms with E-state index in [0.29, 0.717) is 29.0 Å². The number of nitrogens with zero attached hydrogens (tertiary/aromatic N) is 3. The fourth-order valence-corrected chi connectivity index (χ4v) is 16.1. The van der Waals surface area contributed by atoms with E-state index < -0.39 is 0 Å². The Labute approximate surface area is 370 Å². The van der Waals surface area contributed by atoms with Crippen molar-refractivity contribution in [2.24, 2.45) is 23.2 Å². The molecule has 5 aliphatic heterocycles. The lowest BCUT2D eigenvalue weighted by molar-refractivity contribution is 0.0594. The Morgan fingerprint density at radius 1 is 0.836 bits per heavy atom. The molecule has 6 aliphatic carbocycles. The molecule has 11 aliphatic rings. The SMILES string of the molecule is CCCCCNC1=CC2C3=C(SC2C=C1)/C(=C1\C2(C)C4C=CC=CC4C4C=CC=CN4C12C)N1C2=C(CCCC2)N(C2C(C4=CCCCC4)=CCCC2(C)c2ccccc2)C31. The highest BCUT2D eigenvalue weighted by molar-refractivity contribution is 8.04. The molecule has 0 bridgehead atoms. The zero-order valence-electron chi connectivity index (χ0n) is 37.1. The van der Waals surface area contributed by atoms with Crippen LogP contribution in [-0.4, -0.2) is 50.3 Å². The van der Waals surface area contributed by atoms with Crippen LogP contribution in [-0.2, 0) is 5.41 Å². The fourth-order valence-electron chi connectivity index (χ4n) is 14.6. The van der Waals surface area contributed by atoms with Gasteiger partial charge in [-0.1, -0.05) is 125 Å². The number of hydrogen-bond acceptors (Lipinski definition) is 5. The van der Waals surface area contributed by atoms with Crippen LogP contribution in [0.2, 0.25) is 0 Å². The van der Waals surface area contributed by atoms with Gasteiger partial charge >= 0.3 is 0 Å². The van der Waals surface area contributed by atoms with Crippen molar-refractivity contribution >= 4 is 11.8 Å². The number of allylic oxidation sites excluding steroid dienone is 11. The number of thioether (sulfide) groups is 1. The second-order valence-electron chi connectivity index (χ2n) is 20.6. The number of unbranched alkanes of at least 4 members (excludes halogenated alkanes) is 2. The molecule has 2 fully saturated rings. The van der Waals surface area contributed by atoms with Gasteiger partial charge in [0, 0.05) is 62.7 Å². The molecule has 1 aromatic carbocycles. The molecule has 0 radical (unpaired) electrons. The van der Waals surface area contributed by atoms with Gasteiger partial charge < -0.3 is 20.0 Å². The number of benzene rings is 1. The van der Waals surface area contributed by atoms with Crippen molar-refractivity contribution < 1.29 is 0 Å². The molecule has 5 heteroatoms. The van der Waals surface area contributed by atoms with E-state index in [2.05, 4.69) is 169 Å². The van der Waals surface area contributed by atoms with Crippen molar-refractivity contribution in [3.05, 3.63) is 165 Å². The Kier molecular flexibility index (Phi) is 9.15. The molecule has 1 N–H and O–H groups in total. The second kappa shape index (κ2) is 14.5. The largest absolute Gasteiger partial charge is 0.385 e. The summed E-state index contributed by atoms with van der Waals surface area (Å²) >= 11 is 2.21. The third-order valence-corrected chi connectivity index (χ3v) is 19.0. The standard InChI is InChI=1S/C56H66N4S/c1-5-6-18-34-57-39-31-32-47-42(36-39)48-50(61-47)49(51-55(3)43-27-14-13-25-41(43)44-28-17-19-35-58(44)56(51,55)4)59-45-29-15-16-30-46(45)60(53(48)59)52-40(37-21-9-7-10-22-37)26-20-33-54(52,2)38-23-11-8-12-24-38/h8,11-14,17,19,21,23-28,31-32,35-36,41-44,47,52-53,57H,5-7,9-10,15-16,18,20,22,29-30,33-34H2,1-4H3/b51-49-. The summed E-state index contributed by atoms with van der Waals surface area (Å²) in [7, 11) is 0. The Morgan fingerprint density at radius 2 is 1.66 bits per heavy atom. The van der Waals surface area contributed by atoms with E-state index in [1.807, 2.05) is 0 Å². The van der Waals surface area contributed by atoms with Gasteiger partial charge in [0.25, 0.3) is 0 Å². The maximum absolute atomic E-state index is 3.92. The first-order chi connectivity index (χ1) is 29.9. The monoisotopic (exact) mass is 827 g/mol. The summed E-state index contributed by atoms with van der Waals surface area (Å²) in [5.41, 5.74) is 14.3. The van der Waals surface area contributed by atoms with Crippen molar-refractivity contribution in [2.45, 2.75) is 146 Å². The van der Waals surface area contributed by atoms with E-state index in [1.165, 1.54) is 88.3 Å². The van der Waals surface area contributed by atoms with Gasteiger partial charge in [-0.25, -0.2) is 0 Å². The minimum Gasteiger partial charge on any atom is -0.385 e. The zero-order valence-corrected chi connectivity index (χ0v) is 37.9. The highest BCUT2D eigenvalue weighted by atomic mass is 32.2. The zero-order chi connectivity index (χ0) is 41.1. The van der Waals surface area contributed by atoms with Crippen LogP contribution in [0.5, 0.6) is 0 Å². The lowest BCUT2D eigenvalue weighted by Gasteiger charge is -2.52. The van der Waals surface area contributed by atoms with Crippen molar-refractivity contribution in [2.75, 3.05) is 6.54 Å².